The van der Waals surface area contributed by atoms with E-state index in [1.54, 1.807) is 12.0 Å². The standard InChI is InChI=1S/C20H21F3N2O2/c1-27-18-5-3-2-4-17(18)24-10-12-25(13-11-24)19(26)14-15-6-8-16(9-7-15)20(21,22)23/h2-9H,10-14H2,1H3. The second-order valence-corrected chi connectivity index (χ2v) is 6.41. The Labute approximate surface area is 156 Å². The van der Waals surface area contributed by atoms with Crippen LogP contribution in [0, 0.1) is 0 Å². The lowest BCUT2D eigenvalue weighted by molar-refractivity contribution is -0.137. The molecule has 7 heteroatoms. The maximum Gasteiger partial charge on any atom is 0.416 e. The smallest absolute Gasteiger partial charge is 0.416 e. The normalized spacial score (nSPS) is 15.0. The van der Waals surface area contributed by atoms with Crippen molar-refractivity contribution < 1.29 is 22.7 Å². The van der Waals surface area contributed by atoms with Gasteiger partial charge in [0.2, 0.25) is 5.91 Å². The predicted octanol–water partition coefficient (Wildman–Crippen LogP) is 3.61. The lowest BCUT2D eigenvalue weighted by Gasteiger charge is -2.36. The van der Waals surface area contributed by atoms with Crippen LogP contribution in [0.2, 0.25) is 0 Å². The fourth-order valence-electron chi connectivity index (χ4n) is 3.19. The Bertz CT molecular complexity index is 783. The third-order valence-corrected chi connectivity index (χ3v) is 4.69. The summed E-state index contributed by atoms with van der Waals surface area (Å²) < 4.78 is 43.2. The van der Waals surface area contributed by atoms with Gasteiger partial charge in [-0.05, 0) is 29.8 Å². The fraction of sp³-hybridized carbons (Fsp3) is 0.350. The highest BCUT2D eigenvalue weighted by molar-refractivity contribution is 5.79. The maximum absolute atomic E-state index is 12.6. The van der Waals surface area contributed by atoms with Gasteiger partial charge < -0.3 is 14.5 Å². The van der Waals surface area contributed by atoms with E-state index in [1.165, 1.54) is 12.1 Å². The molecule has 1 amide bonds. The fourth-order valence-corrected chi connectivity index (χ4v) is 3.19. The van der Waals surface area contributed by atoms with E-state index >= 15 is 0 Å². The molecule has 0 saturated carbocycles. The number of halogens is 3. The number of methoxy groups -OCH3 is 1. The first-order chi connectivity index (χ1) is 12.9. The molecule has 1 saturated heterocycles. The van der Waals surface area contributed by atoms with Gasteiger partial charge in [-0.1, -0.05) is 24.3 Å². The molecule has 3 rings (SSSR count). The van der Waals surface area contributed by atoms with Gasteiger partial charge in [0.05, 0.1) is 24.8 Å². The lowest BCUT2D eigenvalue weighted by Crippen LogP contribution is -2.49. The van der Waals surface area contributed by atoms with E-state index < -0.39 is 11.7 Å². The van der Waals surface area contributed by atoms with Crippen molar-refractivity contribution in [2.45, 2.75) is 12.6 Å². The van der Waals surface area contributed by atoms with Gasteiger partial charge in [0, 0.05) is 26.2 Å². The minimum Gasteiger partial charge on any atom is -0.495 e. The molecule has 0 aliphatic carbocycles. The summed E-state index contributed by atoms with van der Waals surface area (Å²) in [4.78, 5) is 16.4. The number of hydrogen-bond donors (Lipinski definition) is 0. The summed E-state index contributed by atoms with van der Waals surface area (Å²) in [6.07, 6.45) is -4.26. The molecule has 0 radical (unpaired) electrons. The Kier molecular flexibility index (Phi) is 5.58. The zero-order valence-corrected chi connectivity index (χ0v) is 15.0. The van der Waals surface area contributed by atoms with Crippen molar-refractivity contribution in [3.8, 4) is 5.75 Å². The van der Waals surface area contributed by atoms with Crippen molar-refractivity contribution in [1.82, 2.24) is 4.90 Å². The molecule has 0 aromatic heterocycles. The van der Waals surface area contributed by atoms with Crippen molar-refractivity contribution in [3.05, 3.63) is 59.7 Å². The van der Waals surface area contributed by atoms with E-state index in [0.717, 1.165) is 23.6 Å². The maximum atomic E-state index is 12.6. The van der Waals surface area contributed by atoms with Crippen molar-refractivity contribution >= 4 is 11.6 Å². The Morgan fingerprint density at radius 2 is 1.63 bits per heavy atom. The van der Waals surface area contributed by atoms with Gasteiger partial charge in [-0.15, -0.1) is 0 Å². The number of nitrogens with zero attached hydrogens (tertiary/aromatic N) is 2. The third-order valence-electron chi connectivity index (χ3n) is 4.69. The lowest BCUT2D eigenvalue weighted by atomic mass is 10.1. The Morgan fingerprint density at radius 1 is 1.00 bits per heavy atom. The minimum absolute atomic E-state index is 0.0746. The summed E-state index contributed by atoms with van der Waals surface area (Å²) in [5.74, 6) is 0.719. The molecule has 4 nitrogen and oxygen atoms in total. The molecule has 0 unspecified atom stereocenters. The van der Waals surface area contributed by atoms with Crippen molar-refractivity contribution in [3.63, 3.8) is 0 Å². The molecule has 0 spiro atoms. The number of ether oxygens (including phenoxy) is 1. The van der Waals surface area contributed by atoms with E-state index in [4.69, 9.17) is 4.74 Å². The average Bonchev–Trinajstić information content (AvgIpc) is 2.68. The topological polar surface area (TPSA) is 32.8 Å². The molecule has 1 fully saturated rings. The number of carbonyl (C=O) groups excluding carboxylic acids is 1. The van der Waals surface area contributed by atoms with Gasteiger partial charge in [-0.25, -0.2) is 0 Å². The first-order valence-electron chi connectivity index (χ1n) is 8.70. The number of rotatable bonds is 4. The molecule has 0 atom stereocenters. The van der Waals surface area contributed by atoms with Crippen LogP contribution in [0.3, 0.4) is 0 Å². The van der Waals surface area contributed by atoms with Gasteiger partial charge >= 0.3 is 6.18 Å². The number of para-hydroxylation sites is 2. The number of benzene rings is 2. The summed E-state index contributed by atoms with van der Waals surface area (Å²) in [5, 5.41) is 0. The number of piperazine rings is 1. The zero-order chi connectivity index (χ0) is 19.4. The van der Waals surface area contributed by atoms with Crippen LogP contribution in [0.4, 0.5) is 18.9 Å². The summed E-state index contributed by atoms with van der Waals surface area (Å²) >= 11 is 0. The van der Waals surface area contributed by atoms with Gasteiger partial charge in [-0.3, -0.25) is 4.79 Å². The van der Waals surface area contributed by atoms with Gasteiger partial charge in [0.25, 0.3) is 0 Å². The quantitative estimate of drug-likeness (QED) is 0.815. The molecule has 2 aromatic rings. The average molecular weight is 378 g/mol. The highest BCUT2D eigenvalue weighted by Gasteiger charge is 2.30. The van der Waals surface area contributed by atoms with Gasteiger partial charge in [0.15, 0.2) is 0 Å². The van der Waals surface area contributed by atoms with Gasteiger partial charge in [-0.2, -0.15) is 13.2 Å². The molecule has 1 aliphatic rings. The summed E-state index contributed by atoms with van der Waals surface area (Å²) in [6, 6.07) is 12.5. The van der Waals surface area contributed by atoms with E-state index in [0.29, 0.717) is 31.7 Å². The number of hydrogen-bond acceptors (Lipinski definition) is 3. The summed E-state index contributed by atoms with van der Waals surface area (Å²) in [7, 11) is 1.63. The Hall–Kier alpha value is -2.70. The van der Waals surface area contributed by atoms with Crippen LogP contribution in [-0.4, -0.2) is 44.1 Å². The van der Waals surface area contributed by atoms with Crippen LogP contribution in [0.25, 0.3) is 0 Å². The van der Waals surface area contributed by atoms with Crippen molar-refractivity contribution in [2.24, 2.45) is 0 Å². The third kappa shape index (κ3) is 4.53. The van der Waals surface area contributed by atoms with E-state index in [2.05, 4.69) is 4.90 Å². The largest absolute Gasteiger partial charge is 0.495 e. The molecule has 1 aliphatic heterocycles. The number of anilines is 1. The van der Waals surface area contributed by atoms with Crippen LogP contribution >= 0.6 is 0 Å². The first-order valence-corrected chi connectivity index (χ1v) is 8.70. The van der Waals surface area contributed by atoms with E-state index in [1.807, 2.05) is 24.3 Å². The number of amides is 1. The second kappa shape index (κ2) is 7.90. The highest BCUT2D eigenvalue weighted by Crippen LogP contribution is 2.30. The zero-order valence-electron chi connectivity index (χ0n) is 15.0. The van der Waals surface area contributed by atoms with Crippen LogP contribution in [0.15, 0.2) is 48.5 Å². The second-order valence-electron chi connectivity index (χ2n) is 6.41. The van der Waals surface area contributed by atoms with Crippen LogP contribution in [0.1, 0.15) is 11.1 Å². The first kappa shape index (κ1) is 19.1. The SMILES string of the molecule is COc1ccccc1N1CCN(C(=O)Cc2ccc(C(F)(F)F)cc2)CC1. The molecule has 27 heavy (non-hydrogen) atoms. The van der Waals surface area contributed by atoms with E-state index in [9.17, 15) is 18.0 Å². The van der Waals surface area contributed by atoms with Crippen molar-refractivity contribution in [2.75, 3.05) is 38.2 Å². The summed E-state index contributed by atoms with van der Waals surface area (Å²) in [5.41, 5.74) is 0.874. The van der Waals surface area contributed by atoms with Crippen LogP contribution < -0.4 is 9.64 Å². The predicted molar refractivity (Wildman–Crippen MR) is 96.9 cm³/mol. The monoisotopic (exact) mass is 378 g/mol. The molecule has 2 aromatic carbocycles. The van der Waals surface area contributed by atoms with Crippen LogP contribution in [0.5, 0.6) is 5.75 Å². The highest BCUT2D eigenvalue weighted by atomic mass is 19.4. The molecule has 144 valence electrons. The van der Waals surface area contributed by atoms with Crippen LogP contribution in [-0.2, 0) is 17.4 Å². The Balaban J connectivity index is 1.57. The molecule has 0 N–H and O–H groups in total. The minimum atomic E-state index is -4.36. The molecular formula is C20H21F3N2O2. The molecular weight excluding hydrogens is 357 g/mol. The van der Waals surface area contributed by atoms with Gasteiger partial charge in [0.1, 0.15) is 5.75 Å². The number of carbonyl (C=O) groups is 1. The Morgan fingerprint density at radius 3 is 2.22 bits per heavy atom. The van der Waals surface area contributed by atoms with E-state index in [-0.39, 0.29) is 12.3 Å². The molecule has 1 heterocycles. The molecule has 0 bridgehead atoms. The summed E-state index contributed by atoms with van der Waals surface area (Å²) in [6.45, 7) is 2.49. The van der Waals surface area contributed by atoms with Crippen molar-refractivity contribution in [1.29, 1.82) is 0 Å². The number of alkyl halides is 3.